The van der Waals surface area contributed by atoms with Crippen LogP contribution in [0.2, 0.25) is 0 Å². The number of β-amino-alcohol motifs (C(OH)–C–C–N with tert-alkyl or cyclic N) is 1. The van der Waals surface area contributed by atoms with Crippen molar-refractivity contribution < 1.29 is 9.84 Å². The second-order valence-electron chi connectivity index (χ2n) is 3.76. The summed E-state index contributed by atoms with van der Waals surface area (Å²) in [5, 5.41) is 9.65. The summed E-state index contributed by atoms with van der Waals surface area (Å²) in [5.41, 5.74) is 0. The Morgan fingerprint density at radius 3 is 2.57 bits per heavy atom. The highest BCUT2D eigenvalue weighted by Gasteiger charge is 2.30. The lowest BCUT2D eigenvalue weighted by Gasteiger charge is -2.15. The summed E-state index contributed by atoms with van der Waals surface area (Å²) in [6, 6.07) is 9.63. The molecule has 0 bridgehead atoms. The standard InChI is InChI=1S/C11H15NO2/c1-12-7-10(13)11(8-12)14-9-5-3-2-4-6-9/h2-6,10-11,13H,7-8H2,1H3/t10-,11-/m1/s1. The van der Waals surface area contributed by atoms with E-state index in [1.807, 2.05) is 37.4 Å². The molecule has 1 aromatic carbocycles. The fourth-order valence-corrected chi connectivity index (χ4v) is 1.73. The molecule has 3 heteroatoms. The first-order chi connectivity index (χ1) is 6.75. The molecule has 0 aromatic heterocycles. The summed E-state index contributed by atoms with van der Waals surface area (Å²) in [6.45, 7) is 1.48. The van der Waals surface area contributed by atoms with Crippen LogP contribution in [0, 0.1) is 0 Å². The first-order valence-electron chi connectivity index (χ1n) is 4.84. The van der Waals surface area contributed by atoms with Gasteiger partial charge < -0.3 is 9.84 Å². The molecule has 0 spiro atoms. The molecule has 1 fully saturated rings. The average molecular weight is 193 g/mol. The summed E-state index contributed by atoms with van der Waals surface area (Å²) in [5.74, 6) is 0.826. The van der Waals surface area contributed by atoms with Crippen molar-refractivity contribution in [1.82, 2.24) is 4.90 Å². The van der Waals surface area contributed by atoms with Crippen LogP contribution in [-0.4, -0.2) is 42.4 Å². The molecular formula is C11H15NO2. The van der Waals surface area contributed by atoms with Crippen molar-refractivity contribution in [2.45, 2.75) is 12.2 Å². The maximum absolute atomic E-state index is 9.65. The number of likely N-dealkylation sites (tertiary alicyclic amines) is 1. The van der Waals surface area contributed by atoms with E-state index in [1.165, 1.54) is 0 Å². The van der Waals surface area contributed by atoms with Crippen molar-refractivity contribution in [2.24, 2.45) is 0 Å². The van der Waals surface area contributed by atoms with Gasteiger partial charge in [0.2, 0.25) is 0 Å². The zero-order valence-electron chi connectivity index (χ0n) is 8.26. The van der Waals surface area contributed by atoms with E-state index < -0.39 is 0 Å². The third-order valence-corrected chi connectivity index (χ3v) is 2.45. The molecule has 0 saturated carbocycles. The number of aliphatic hydroxyl groups is 1. The average Bonchev–Trinajstić information content (AvgIpc) is 2.47. The van der Waals surface area contributed by atoms with E-state index in [0.717, 1.165) is 12.3 Å². The number of nitrogens with zero attached hydrogens (tertiary/aromatic N) is 1. The van der Waals surface area contributed by atoms with Crippen LogP contribution in [0.1, 0.15) is 0 Å². The first kappa shape index (κ1) is 9.49. The smallest absolute Gasteiger partial charge is 0.138 e. The lowest BCUT2D eigenvalue weighted by molar-refractivity contribution is 0.0737. The van der Waals surface area contributed by atoms with Gasteiger partial charge in [-0.1, -0.05) is 18.2 Å². The number of benzene rings is 1. The summed E-state index contributed by atoms with van der Waals surface area (Å²) in [6.07, 6.45) is -0.470. The Bertz CT molecular complexity index is 289. The molecule has 2 rings (SSSR count). The fraction of sp³-hybridized carbons (Fsp3) is 0.455. The number of hydrogen-bond donors (Lipinski definition) is 1. The first-order valence-corrected chi connectivity index (χ1v) is 4.84. The lowest BCUT2D eigenvalue weighted by atomic mass is 10.2. The highest BCUT2D eigenvalue weighted by Crippen LogP contribution is 2.17. The molecule has 2 atom stereocenters. The second kappa shape index (κ2) is 3.98. The van der Waals surface area contributed by atoms with E-state index >= 15 is 0 Å². The van der Waals surface area contributed by atoms with Crippen molar-refractivity contribution in [3.05, 3.63) is 30.3 Å². The van der Waals surface area contributed by atoms with Crippen molar-refractivity contribution >= 4 is 0 Å². The molecule has 0 radical (unpaired) electrons. The quantitative estimate of drug-likeness (QED) is 0.752. The Balaban J connectivity index is 1.98. The normalized spacial score (nSPS) is 27.9. The molecule has 1 N–H and O–H groups in total. The monoisotopic (exact) mass is 193 g/mol. The Hall–Kier alpha value is -1.06. The van der Waals surface area contributed by atoms with Crippen molar-refractivity contribution in [3.8, 4) is 5.75 Å². The van der Waals surface area contributed by atoms with Crippen molar-refractivity contribution in [1.29, 1.82) is 0 Å². The fourth-order valence-electron chi connectivity index (χ4n) is 1.73. The van der Waals surface area contributed by atoms with E-state index in [4.69, 9.17) is 4.74 Å². The maximum atomic E-state index is 9.65. The molecule has 3 nitrogen and oxygen atoms in total. The second-order valence-corrected chi connectivity index (χ2v) is 3.76. The zero-order valence-corrected chi connectivity index (χ0v) is 8.26. The number of rotatable bonds is 2. The highest BCUT2D eigenvalue weighted by atomic mass is 16.5. The zero-order chi connectivity index (χ0) is 9.97. The Labute approximate surface area is 83.9 Å². The van der Waals surface area contributed by atoms with Gasteiger partial charge in [-0.25, -0.2) is 0 Å². The van der Waals surface area contributed by atoms with Crippen LogP contribution in [0.15, 0.2) is 30.3 Å². The molecule has 1 aliphatic heterocycles. The molecule has 1 aliphatic rings. The number of aliphatic hydroxyl groups excluding tert-OH is 1. The number of hydrogen-bond acceptors (Lipinski definition) is 3. The van der Waals surface area contributed by atoms with Gasteiger partial charge in [0.15, 0.2) is 0 Å². The molecule has 0 unspecified atom stereocenters. The van der Waals surface area contributed by atoms with Crippen LogP contribution < -0.4 is 4.74 Å². The Morgan fingerprint density at radius 1 is 1.29 bits per heavy atom. The number of ether oxygens (including phenoxy) is 1. The largest absolute Gasteiger partial charge is 0.486 e. The van der Waals surface area contributed by atoms with E-state index in [2.05, 4.69) is 4.90 Å². The van der Waals surface area contributed by atoms with Crippen molar-refractivity contribution in [2.75, 3.05) is 20.1 Å². The van der Waals surface area contributed by atoms with Crippen LogP contribution >= 0.6 is 0 Å². The maximum Gasteiger partial charge on any atom is 0.138 e. The van der Waals surface area contributed by atoms with Gasteiger partial charge in [-0.05, 0) is 19.2 Å². The van der Waals surface area contributed by atoms with E-state index in [9.17, 15) is 5.11 Å². The van der Waals surface area contributed by atoms with Gasteiger partial charge in [0.25, 0.3) is 0 Å². The van der Waals surface area contributed by atoms with Gasteiger partial charge in [0, 0.05) is 13.1 Å². The van der Waals surface area contributed by atoms with Crippen molar-refractivity contribution in [3.63, 3.8) is 0 Å². The number of para-hydroxylation sites is 1. The van der Waals surface area contributed by atoms with Crippen LogP contribution in [0.4, 0.5) is 0 Å². The van der Waals surface area contributed by atoms with Gasteiger partial charge >= 0.3 is 0 Å². The van der Waals surface area contributed by atoms with Crippen LogP contribution in [-0.2, 0) is 0 Å². The van der Waals surface area contributed by atoms with E-state index in [-0.39, 0.29) is 12.2 Å². The minimum absolute atomic E-state index is 0.0950. The predicted molar refractivity (Wildman–Crippen MR) is 54.4 cm³/mol. The molecule has 0 amide bonds. The summed E-state index contributed by atoms with van der Waals surface area (Å²) < 4.78 is 5.67. The minimum Gasteiger partial charge on any atom is -0.486 e. The van der Waals surface area contributed by atoms with Gasteiger partial charge in [-0.15, -0.1) is 0 Å². The van der Waals surface area contributed by atoms with Gasteiger partial charge in [0.1, 0.15) is 18.0 Å². The summed E-state index contributed by atoms with van der Waals surface area (Å²) in [4.78, 5) is 2.07. The van der Waals surface area contributed by atoms with E-state index in [0.29, 0.717) is 6.54 Å². The predicted octanol–water partition coefficient (Wildman–Crippen LogP) is 0.740. The lowest BCUT2D eigenvalue weighted by Crippen LogP contribution is -2.29. The molecule has 1 saturated heterocycles. The third-order valence-electron chi connectivity index (χ3n) is 2.45. The highest BCUT2D eigenvalue weighted by molar-refractivity contribution is 5.21. The summed E-state index contributed by atoms with van der Waals surface area (Å²) in [7, 11) is 1.98. The van der Waals surface area contributed by atoms with Gasteiger partial charge in [-0.2, -0.15) is 0 Å². The van der Waals surface area contributed by atoms with E-state index in [1.54, 1.807) is 0 Å². The Morgan fingerprint density at radius 2 is 2.00 bits per heavy atom. The molecule has 14 heavy (non-hydrogen) atoms. The minimum atomic E-state index is -0.375. The third kappa shape index (κ3) is 2.05. The topological polar surface area (TPSA) is 32.7 Å². The molecule has 1 heterocycles. The Kier molecular flexibility index (Phi) is 2.70. The summed E-state index contributed by atoms with van der Waals surface area (Å²) >= 11 is 0. The SMILES string of the molecule is CN1C[C@@H](O)[C@H](Oc2ccccc2)C1. The van der Waals surface area contributed by atoms with Gasteiger partial charge in [0.05, 0.1) is 0 Å². The molecular weight excluding hydrogens is 178 g/mol. The molecule has 1 aromatic rings. The number of likely N-dealkylation sites (N-methyl/N-ethyl adjacent to an activating group) is 1. The van der Waals surface area contributed by atoms with Crippen LogP contribution in [0.25, 0.3) is 0 Å². The van der Waals surface area contributed by atoms with Crippen LogP contribution in [0.3, 0.4) is 0 Å². The van der Waals surface area contributed by atoms with Crippen LogP contribution in [0.5, 0.6) is 5.75 Å². The molecule has 0 aliphatic carbocycles. The van der Waals surface area contributed by atoms with Gasteiger partial charge in [-0.3, -0.25) is 4.90 Å². The molecule has 76 valence electrons.